The third-order valence-corrected chi connectivity index (χ3v) is 4.36. The Bertz CT molecular complexity index is 584. The van der Waals surface area contributed by atoms with Gasteiger partial charge in [0.05, 0.1) is 13.4 Å². The van der Waals surface area contributed by atoms with E-state index >= 15 is 0 Å². The molecule has 1 aromatic rings. The van der Waals surface area contributed by atoms with Crippen molar-refractivity contribution in [1.29, 1.82) is 0 Å². The zero-order valence-electron chi connectivity index (χ0n) is 11.3. The van der Waals surface area contributed by atoms with E-state index in [0.29, 0.717) is 13.0 Å². The van der Waals surface area contributed by atoms with Crippen molar-refractivity contribution < 1.29 is 17.9 Å². The van der Waals surface area contributed by atoms with Crippen molar-refractivity contribution in [2.75, 3.05) is 25.2 Å². The third-order valence-electron chi connectivity index (χ3n) is 3.07. The second kappa shape index (κ2) is 5.75. The minimum atomic E-state index is -3.41. The number of carbonyl (C=O) groups is 1. The van der Waals surface area contributed by atoms with E-state index in [1.54, 1.807) is 0 Å². The van der Waals surface area contributed by atoms with Gasteiger partial charge in [0.25, 0.3) is 0 Å². The molecule has 0 saturated carbocycles. The number of rotatable bonds is 4. The molecule has 0 aromatic carbocycles. The molecule has 112 valence electrons. The van der Waals surface area contributed by atoms with Crippen LogP contribution in [0.4, 0.5) is 5.95 Å². The minimum absolute atomic E-state index is 0.101. The number of H-pyrrole nitrogens is 1. The maximum Gasteiger partial charge on any atom is 0.336 e. The number of anilines is 1. The Balaban J connectivity index is 2.10. The van der Waals surface area contributed by atoms with Gasteiger partial charge < -0.3 is 4.74 Å². The van der Waals surface area contributed by atoms with Gasteiger partial charge in [-0.2, -0.15) is 9.29 Å². The summed E-state index contributed by atoms with van der Waals surface area (Å²) in [6.45, 7) is 0.358. The second-order valence-corrected chi connectivity index (χ2v) is 6.48. The normalized spacial score (nSPS) is 20.6. The summed E-state index contributed by atoms with van der Waals surface area (Å²) < 4.78 is 29.4. The number of nitrogens with one attached hydrogen (secondary N) is 2. The summed E-state index contributed by atoms with van der Waals surface area (Å²) in [6.07, 6.45) is 3.16. The number of hydrogen-bond donors (Lipinski definition) is 2. The van der Waals surface area contributed by atoms with Gasteiger partial charge in [0.15, 0.2) is 0 Å². The lowest BCUT2D eigenvalue weighted by atomic mass is 10.0. The largest absolute Gasteiger partial charge is 0.466 e. The number of sulfonamides is 1. The summed E-state index contributed by atoms with van der Waals surface area (Å²) in [5, 5.41) is 8.70. The molecule has 2 rings (SSSR count). The van der Waals surface area contributed by atoms with Crippen LogP contribution in [0.1, 0.15) is 19.3 Å². The van der Waals surface area contributed by atoms with Gasteiger partial charge >= 0.3 is 6.01 Å². The smallest absolute Gasteiger partial charge is 0.336 e. The number of nitrogens with zero attached hydrogens (tertiary/aromatic N) is 3. The first-order chi connectivity index (χ1) is 9.41. The zero-order valence-corrected chi connectivity index (χ0v) is 12.1. The van der Waals surface area contributed by atoms with E-state index in [1.807, 2.05) is 0 Å². The molecular weight excluding hydrogens is 286 g/mol. The van der Waals surface area contributed by atoms with Crippen molar-refractivity contribution in [3.63, 3.8) is 0 Å². The molecule has 1 amide bonds. The lowest BCUT2D eigenvalue weighted by molar-refractivity contribution is -0.120. The van der Waals surface area contributed by atoms with Crippen LogP contribution in [0.2, 0.25) is 0 Å². The van der Waals surface area contributed by atoms with Gasteiger partial charge in [-0.15, -0.1) is 5.10 Å². The molecule has 1 aromatic heterocycles. The number of carbonyl (C=O) groups excluding carboxylic acids is 1. The Morgan fingerprint density at radius 1 is 1.50 bits per heavy atom. The van der Waals surface area contributed by atoms with E-state index in [1.165, 1.54) is 11.4 Å². The van der Waals surface area contributed by atoms with E-state index in [4.69, 9.17) is 4.74 Å². The number of hydrogen-bond acceptors (Lipinski definition) is 6. The molecule has 1 unspecified atom stereocenters. The first-order valence-corrected chi connectivity index (χ1v) is 8.00. The van der Waals surface area contributed by atoms with Gasteiger partial charge in [0.2, 0.25) is 21.9 Å². The number of amides is 1. The fourth-order valence-corrected chi connectivity index (χ4v) is 3.28. The van der Waals surface area contributed by atoms with Crippen molar-refractivity contribution in [3.8, 4) is 6.01 Å². The van der Waals surface area contributed by atoms with Crippen molar-refractivity contribution in [2.24, 2.45) is 0 Å². The Kier molecular flexibility index (Phi) is 4.23. The summed E-state index contributed by atoms with van der Waals surface area (Å²) in [5.74, 6) is -0.292. The zero-order chi connectivity index (χ0) is 14.8. The Labute approximate surface area is 116 Å². The lowest BCUT2D eigenvalue weighted by Gasteiger charge is -2.32. The molecule has 0 bridgehead atoms. The summed E-state index contributed by atoms with van der Waals surface area (Å²) in [5.41, 5.74) is 0. The maximum absolute atomic E-state index is 12.2. The molecule has 0 radical (unpaired) electrons. The molecule has 1 aliphatic heterocycles. The number of aromatic amines is 1. The van der Waals surface area contributed by atoms with Crippen molar-refractivity contribution in [1.82, 2.24) is 19.5 Å². The van der Waals surface area contributed by atoms with Gasteiger partial charge in [-0.3, -0.25) is 10.1 Å². The maximum atomic E-state index is 12.2. The predicted octanol–water partition coefficient (Wildman–Crippen LogP) is -0.434. The number of aromatic nitrogens is 3. The van der Waals surface area contributed by atoms with Crippen LogP contribution in [0.25, 0.3) is 0 Å². The van der Waals surface area contributed by atoms with Crippen LogP contribution in [0.5, 0.6) is 6.01 Å². The van der Waals surface area contributed by atoms with E-state index in [9.17, 15) is 13.2 Å². The molecule has 1 aliphatic rings. The monoisotopic (exact) mass is 303 g/mol. The number of piperidine rings is 1. The van der Waals surface area contributed by atoms with Crippen LogP contribution in [-0.4, -0.2) is 59.8 Å². The molecular formula is C10H17N5O4S. The number of ether oxygens (including phenoxy) is 1. The van der Waals surface area contributed by atoms with Crippen molar-refractivity contribution >= 4 is 21.9 Å². The fraction of sp³-hybridized carbons (Fsp3) is 0.700. The molecule has 1 atom stereocenters. The quantitative estimate of drug-likeness (QED) is 0.779. The lowest BCUT2D eigenvalue weighted by Crippen LogP contribution is -2.49. The van der Waals surface area contributed by atoms with E-state index < -0.39 is 22.0 Å². The molecule has 2 heterocycles. The first-order valence-electron chi connectivity index (χ1n) is 6.16. The average molecular weight is 303 g/mol. The molecule has 1 fully saturated rings. The van der Waals surface area contributed by atoms with Crippen LogP contribution in [0, 0.1) is 0 Å². The first kappa shape index (κ1) is 14.7. The van der Waals surface area contributed by atoms with E-state index in [-0.39, 0.29) is 12.0 Å². The molecule has 0 spiro atoms. The molecule has 1 saturated heterocycles. The van der Waals surface area contributed by atoms with Gasteiger partial charge in [-0.1, -0.05) is 6.42 Å². The molecule has 0 aliphatic carbocycles. The van der Waals surface area contributed by atoms with E-state index in [0.717, 1.165) is 19.1 Å². The Morgan fingerprint density at radius 2 is 2.25 bits per heavy atom. The van der Waals surface area contributed by atoms with Gasteiger partial charge in [-0.25, -0.2) is 13.5 Å². The average Bonchev–Trinajstić information content (AvgIpc) is 2.85. The van der Waals surface area contributed by atoms with Crippen LogP contribution in [0.15, 0.2) is 0 Å². The molecule has 10 heteroatoms. The van der Waals surface area contributed by atoms with Crippen LogP contribution in [0.3, 0.4) is 0 Å². The van der Waals surface area contributed by atoms with Crippen LogP contribution >= 0.6 is 0 Å². The van der Waals surface area contributed by atoms with Crippen molar-refractivity contribution in [2.45, 2.75) is 25.3 Å². The summed E-state index contributed by atoms with van der Waals surface area (Å²) in [6, 6.07) is -0.612. The number of methoxy groups -OCH3 is 1. The summed E-state index contributed by atoms with van der Waals surface area (Å²) in [7, 11) is -2.01. The fourth-order valence-electron chi connectivity index (χ4n) is 2.16. The highest BCUT2D eigenvalue weighted by atomic mass is 32.2. The standard InChI is InChI=1S/C10H17N5O4S/c1-19-10-12-9(13-14-10)11-8(16)7-5-3-4-6-15(7)20(2,17)18/h7H,3-6H2,1-2H3,(H2,11,12,13,14,16). The Morgan fingerprint density at radius 3 is 2.85 bits per heavy atom. The topological polar surface area (TPSA) is 117 Å². The second-order valence-electron chi connectivity index (χ2n) is 4.55. The highest BCUT2D eigenvalue weighted by Gasteiger charge is 2.34. The summed E-state index contributed by atoms with van der Waals surface area (Å²) in [4.78, 5) is 16.0. The molecule has 2 N–H and O–H groups in total. The van der Waals surface area contributed by atoms with Crippen molar-refractivity contribution in [3.05, 3.63) is 0 Å². The highest BCUT2D eigenvalue weighted by Crippen LogP contribution is 2.21. The van der Waals surface area contributed by atoms with E-state index in [2.05, 4.69) is 20.5 Å². The van der Waals surface area contributed by atoms with Crippen LogP contribution < -0.4 is 10.1 Å². The van der Waals surface area contributed by atoms with Gasteiger partial charge in [-0.05, 0) is 12.8 Å². The van der Waals surface area contributed by atoms with Crippen LogP contribution in [-0.2, 0) is 14.8 Å². The molecule has 9 nitrogen and oxygen atoms in total. The van der Waals surface area contributed by atoms with Gasteiger partial charge in [0, 0.05) is 6.54 Å². The van der Waals surface area contributed by atoms with Gasteiger partial charge in [0.1, 0.15) is 6.04 Å². The SMILES string of the molecule is COc1n[nH]c(NC(=O)C2CCCCN2S(C)(=O)=O)n1. The predicted molar refractivity (Wildman–Crippen MR) is 70.8 cm³/mol. The highest BCUT2D eigenvalue weighted by molar-refractivity contribution is 7.88. The third kappa shape index (κ3) is 3.25. The summed E-state index contributed by atoms with van der Waals surface area (Å²) >= 11 is 0. The molecule has 20 heavy (non-hydrogen) atoms. The Hall–Kier alpha value is -1.68. The minimum Gasteiger partial charge on any atom is -0.466 e.